The molecule has 0 aliphatic heterocycles. The summed E-state index contributed by atoms with van der Waals surface area (Å²) in [6.45, 7) is 5.65. The smallest absolute Gasteiger partial charge is 0.0393 e. The van der Waals surface area contributed by atoms with Crippen molar-refractivity contribution in [3.05, 3.63) is 29.8 Å². The van der Waals surface area contributed by atoms with E-state index in [9.17, 15) is 0 Å². The first kappa shape index (κ1) is 16.1. The molecule has 0 saturated heterocycles. The highest BCUT2D eigenvalue weighted by molar-refractivity contribution is 5.52. The largest absolute Gasteiger partial charge is 0.374 e. The number of rotatable bonds is 10. The van der Waals surface area contributed by atoms with Gasteiger partial charge in [0.2, 0.25) is 0 Å². The summed E-state index contributed by atoms with van der Waals surface area (Å²) < 4.78 is 0. The number of anilines is 1. The Kier molecular flexibility index (Phi) is 8.36. The topological polar surface area (TPSA) is 3.24 Å². The third-order valence-corrected chi connectivity index (χ3v) is 3.87. The summed E-state index contributed by atoms with van der Waals surface area (Å²) in [5, 5.41) is 0. The van der Waals surface area contributed by atoms with Crippen molar-refractivity contribution in [3.63, 3.8) is 0 Å². The standard InChI is InChI=1S/C18H31N/c1-4-5-6-7-8-9-10-13-16-19(3)18-15-12-11-14-17(18)2/h11-12,14-15H,4-10,13,16H2,1-3H3. The SMILES string of the molecule is CCCCCCCCCCN(C)c1ccccc1C. The van der Waals surface area contributed by atoms with Gasteiger partial charge in [-0.3, -0.25) is 0 Å². The van der Waals surface area contributed by atoms with Gasteiger partial charge in [0.05, 0.1) is 0 Å². The molecule has 19 heavy (non-hydrogen) atoms. The van der Waals surface area contributed by atoms with Gasteiger partial charge in [0.25, 0.3) is 0 Å². The van der Waals surface area contributed by atoms with Crippen LogP contribution >= 0.6 is 0 Å². The van der Waals surface area contributed by atoms with Crippen LogP contribution in [0.5, 0.6) is 0 Å². The molecule has 108 valence electrons. The molecule has 1 rings (SSSR count). The zero-order valence-corrected chi connectivity index (χ0v) is 13.1. The van der Waals surface area contributed by atoms with Gasteiger partial charge in [-0.25, -0.2) is 0 Å². The number of aryl methyl sites for hydroxylation is 1. The van der Waals surface area contributed by atoms with Crippen molar-refractivity contribution in [3.8, 4) is 0 Å². The van der Waals surface area contributed by atoms with Gasteiger partial charge in [0, 0.05) is 19.3 Å². The van der Waals surface area contributed by atoms with Crippen LogP contribution < -0.4 is 4.90 Å². The molecule has 0 amide bonds. The van der Waals surface area contributed by atoms with E-state index in [4.69, 9.17) is 0 Å². The Hall–Kier alpha value is -0.980. The zero-order chi connectivity index (χ0) is 13.9. The van der Waals surface area contributed by atoms with Crippen LogP contribution in [0.4, 0.5) is 5.69 Å². The van der Waals surface area contributed by atoms with Crippen LogP contribution in [0, 0.1) is 6.92 Å². The molecule has 0 N–H and O–H groups in total. The van der Waals surface area contributed by atoms with Gasteiger partial charge in [0.1, 0.15) is 0 Å². The minimum absolute atomic E-state index is 1.18. The lowest BCUT2D eigenvalue weighted by atomic mass is 10.1. The van der Waals surface area contributed by atoms with Gasteiger partial charge < -0.3 is 4.90 Å². The Morgan fingerprint density at radius 2 is 1.42 bits per heavy atom. The fourth-order valence-corrected chi connectivity index (χ4v) is 2.60. The second-order valence-electron chi connectivity index (χ2n) is 5.68. The molecule has 1 nitrogen and oxygen atoms in total. The molecular formula is C18H31N. The van der Waals surface area contributed by atoms with E-state index >= 15 is 0 Å². The summed E-state index contributed by atoms with van der Waals surface area (Å²) in [6, 6.07) is 8.66. The van der Waals surface area contributed by atoms with Gasteiger partial charge in [-0.1, -0.05) is 70.1 Å². The van der Waals surface area contributed by atoms with Crippen LogP contribution in [0.3, 0.4) is 0 Å². The molecule has 1 aromatic carbocycles. The first-order valence-electron chi connectivity index (χ1n) is 8.02. The Labute approximate surface area is 120 Å². The van der Waals surface area contributed by atoms with Gasteiger partial charge in [-0.2, -0.15) is 0 Å². The molecule has 0 fully saturated rings. The van der Waals surface area contributed by atoms with E-state index in [2.05, 4.69) is 50.1 Å². The van der Waals surface area contributed by atoms with Crippen molar-refractivity contribution in [2.75, 3.05) is 18.5 Å². The molecule has 0 aliphatic rings. The fourth-order valence-electron chi connectivity index (χ4n) is 2.60. The Morgan fingerprint density at radius 1 is 0.842 bits per heavy atom. The molecular weight excluding hydrogens is 230 g/mol. The van der Waals surface area contributed by atoms with E-state index in [1.165, 1.54) is 69.2 Å². The molecule has 0 bridgehead atoms. The van der Waals surface area contributed by atoms with Gasteiger partial charge in [-0.15, -0.1) is 0 Å². The molecule has 0 atom stereocenters. The molecule has 0 spiro atoms. The predicted molar refractivity (Wildman–Crippen MR) is 87.1 cm³/mol. The monoisotopic (exact) mass is 261 g/mol. The van der Waals surface area contributed by atoms with Crippen LogP contribution in [0.25, 0.3) is 0 Å². The maximum atomic E-state index is 2.40. The first-order chi connectivity index (χ1) is 9.25. The number of unbranched alkanes of at least 4 members (excludes halogenated alkanes) is 7. The van der Waals surface area contributed by atoms with Crippen LogP contribution in [0.2, 0.25) is 0 Å². The Morgan fingerprint density at radius 3 is 2.05 bits per heavy atom. The minimum atomic E-state index is 1.18. The van der Waals surface area contributed by atoms with Crippen LogP contribution in [0.15, 0.2) is 24.3 Å². The highest BCUT2D eigenvalue weighted by Gasteiger charge is 2.02. The predicted octanol–water partition coefficient (Wildman–Crippen LogP) is 5.57. The molecule has 1 heteroatoms. The van der Waals surface area contributed by atoms with Crippen molar-refractivity contribution >= 4 is 5.69 Å². The molecule has 0 aromatic heterocycles. The van der Waals surface area contributed by atoms with Crippen molar-refractivity contribution in [1.82, 2.24) is 0 Å². The summed E-state index contributed by atoms with van der Waals surface area (Å²) in [5.41, 5.74) is 2.76. The van der Waals surface area contributed by atoms with Crippen molar-refractivity contribution < 1.29 is 0 Å². The number of hydrogen-bond donors (Lipinski definition) is 0. The van der Waals surface area contributed by atoms with E-state index < -0.39 is 0 Å². The van der Waals surface area contributed by atoms with Gasteiger partial charge >= 0.3 is 0 Å². The van der Waals surface area contributed by atoms with Crippen molar-refractivity contribution in [1.29, 1.82) is 0 Å². The van der Waals surface area contributed by atoms with Gasteiger partial charge in [0.15, 0.2) is 0 Å². The van der Waals surface area contributed by atoms with Crippen LogP contribution in [0.1, 0.15) is 63.9 Å². The normalized spacial score (nSPS) is 10.7. The summed E-state index contributed by atoms with van der Waals surface area (Å²) >= 11 is 0. The van der Waals surface area contributed by atoms with Crippen molar-refractivity contribution in [2.45, 2.75) is 65.2 Å². The average Bonchev–Trinajstić information content (AvgIpc) is 2.42. The maximum Gasteiger partial charge on any atom is 0.0393 e. The Balaban J connectivity index is 2.08. The Bertz CT molecular complexity index is 332. The van der Waals surface area contributed by atoms with E-state index in [0.717, 1.165) is 0 Å². The van der Waals surface area contributed by atoms with Crippen molar-refractivity contribution in [2.24, 2.45) is 0 Å². The fraction of sp³-hybridized carbons (Fsp3) is 0.667. The van der Waals surface area contributed by atoms with E-state index in [-0.39, 0.29) is 0 Å². The summed E-state index contributed by atoms with van der Waals surface area (Å²) in [7, 11) is 2.21. The average molecular weight is 261 g/mol. The lowest BCUT2D eigenvalue weighted by molar-refractivity contribution is 0.575. The third kappa shape index (κ3) is 6.66. The lowest BCUT2D eigenvalue weighted by Crippen LogP contribution is -2.19. The number of para-hydroxylation sites is 1. The molecule has 0 saturated carbocycles. The highest BCUT2D eigenvalue weighted by Crippen LogP contribution is 2.18. The molecule has 0 heterocycles. The van der Waals surface area contributed by atoms with E-state index in [1.807, 2.05) is 0 Å². The summed E-state index contributed by atoms with van der Waals surface area (Å²) in [5.74, 6) is 0. The molecule has 0 aliphatic carbocycles. The van der Waals surface area contributed by atoms with E-state index in [1.54, 1.807) is 0 Å². The second kappa shape index (κ2) is 9.89. The number of nitrogens with zero attached hydrogens (tertiary/aromatic N) is 1. The molecule has 0 unspecified atom stereocenters. The summed E-state index contributed by atoms with van der Waals surface area (Å²) in [6.07, 6.45) is 11.2. The molecule has 0 radical (unpaired) electrons. The highest BCUT2D eigenvalue weighted by atomic mass is 15.1. The first-order valence-corrected chi connectivity index (χ1v) is 8.02. The van der Waals surface area contributed by atoms with Gasteiger partial charge in [-0.05, 0) is 25.0 Å². The maximum absolute atomic E-state index is 2.40. The lowest BCUT2D eigenvalue weighted by Gasteiger charge is -2.21. The van der Waals surface area contributed by atoms with E-state index in [0.29, 0.717) is 0 Å². The number of hydrogen-bond acceptors (Lipinski definition) is 1. The molecule has 1 aromatic rings. The minimum Gasteiger partial charge on any atom is -0.374 e. The summed E-state index contributed by atoms with van der Waals surface area (Å²) in [4.78, 5) is 2.40. The zero-order valence-electron chi connectivity index (χ0n) is 13.1. The second-order valence-corrected chi connectivity index (χ2v) is 5.68. The quantitative estimate of drug-likeness (QED) is 0.497. The number of benzene rings is 1. The van der Waals surface area contributed by atoms with Crippen LogP contribution in [-0.2, 0) is 0 Å². The third-order valence-electron chi connectivity index (χ3n) is 3.87. The van der Waals surface area contributed by atoms with Crippen LogP contribution in [-0.4, -0.2) is 13.6 Å².